The van der Waals surface area contributed by atoms with Crippen molar-refractivity contribution in [2.75, 3.05) is 0 Å². The van der Waals surface area contributed by atoms with Crippen molar-refractivity contribution in [3.8, 4) is 11.3 Å². The third-order valence-electron chi connectivity index (χ3n) is 4.92. The molecule has 0 bridgehead atoms. The zero-order valence-corrected chi connectivity index (χ0v) is 15.7. The van der Waals surface area contributed by atoms with Crippen molar-refractivity contribution >= 4 is 38.6 Å². The van der Waals surface area contributed by atoms with Gasteiger partial charge in [0.2, 0.25) is 0 Å². The van der Waals surface area contributed by atoms with Crippen molar-refractivity contribution in [3.05, 3.63) is 88.1 Å². The lowest BCUT2D eigenvalue weighted by Gasteiger charge is -2.04. The van der Waals surface area contributed by atoms with Crippen LogP contribution in [0.2, 0.25) is 0 Å². The summed E-state index contributed by atoms with van der Waals surface area (Å²) in [5.74, 6) is 1.59. The zero-order valence-electron chi connectivity index (χ0n) is 14.1. The number of hydrogen-bond donors (Lipinski definition) is 0. The fourth-order valence-electron chi connectivity index (χ4n) is 3.70. The molecule has 0 fully saturated rings. The maximum absolute atomic E-state index is 5.95. The lowest BCUT2D eigenvalue weighted by atomic mass is 10.0. The van der Waals surface area contributed by atoms with Crippen LogP contribution in [0.25, 0.3) is 22.1 Å². The van der Waals surface area contributed by atoms with Gasteiger partial charge in [0.15, 0.2) is 0 Å². The summed E-state index contributed by atoms with van der Waals surface area (Å²) in [6, 6.07) is 22.9. The molecule has 1 aliphatic carbocycles. The lowest BCUT2D eigenvalue weighted by Crippen LogP contribution is -1.81. The molecule has 1 aromatic heterocycles. The van der Waals surface area contributed by atoms with Crippen molar-refractivity contribution in [2.24, 2.45) is 4.99 Å². The predicted molar refractivity (Wildman–Crippen MR) is 110 cm³/mol. The van der Waals surface area contributed by atoms with E-state index in [2.05, 4.69) is 46.3 Å². The van der Waals surface area contributed by atoms with Gasteiger partial charge in [0.1, 0.15) is 11.5 Å². The SMILES string of the molecule is Brc1cccc(-c2ccc(C=Nc3ccc4c5c(cccc35)CC4)o2)c1. The molecule has 4 aromatic rings. The smallest absolute Gasteiger partial charge is 0.145 e. The van der Waals surface area contributed by atoms with Gasteiger partial charge in [0.05, 0.1) is 11.9 Å². The highest BCUT2D eigenvalue weighted by molar-refractivity contribution is 9.10. The van der Waals surface area contributed by atoms with E-state index in [1.165, 1.54) is 21.9 Å². The molecular weight excluding hydrogens is 386 g/mol. The molecule has 5 rings (SSSR count). The van der Waals surface area contributed by atoms with Gasteiger partial charge in [-0.3, -0.25) is 4.99 Å². The van der Waals surface area contributed by atoms with Gasteiger partial charge in [-0.1, -0.05) is 52.3 Å². The van der Waals surface area contributed by atoms with E-state index in [0.29, 0.717) is 0 Å². The first kappa shape index (κ1) is 15.6. The van der Waals surface area contributed by atoms with Crippen LogP contribution in [0.3, 0.4) is 0 Å². The molecule has 0 saturated carbocycles. The van der Waals surface area contributed by atoms with Crippen LogP contribution in [-0.4, -0.2) is 6.21 Å². The van der Waals surface area contributed by atoms with Gasteiger partial charge < -0.3 is 4.42 Å². The standard InChI is InChI=1S/C23H16BrNO/c24-18-5-1-4-17(13-18)22-12-10-19(26-22)14-25-21-11-9-16-8-7-15-3-2-6-20(21)23(15)16/h1-6,9-14H,7-8H2. The highest BCUT2D eigenvalue weighted by Crippen LogP contribution is 2.36. The van der Waals surface area contributed by atoms with E-state index >= 15 is 0 Å². The third-order valence-corrected chi connectivity index (χ3v) is 5.41. The number of nitrogens with zero attached hydrogens (tertiary/aromatic N) is 1. The minimum absolute atomic E-state index is 0.753. The van der Waals surface area contributed by atoms with Crippen molar-refractivity contribution in [1.29, 1.82) is 0 Å². The van der Waals surface area contributed by atoms with Gasteiger partial charge in [0.25, 0.3) is 0 Å². The topological polar surface area (TPSA) is 25.5 Å². The van der Waals surface area contributed by atoms with Crippen LogP contribution in [0.5, 0.6) is 0 Å². The summed E-state index contributed by atoms with van der Waals surface area (Å²) < 4.78 is 6.98. The fraction of sp³-hybridized carbons (Fsp3) is 0.0870. The Balaban J connectivity index is 1.50. The summed E-state index contributed by atoms with van der Waals surface area (Å²) in [7, 11) is 0. The summed E-state index contributed by atoms with van der Waals surface area (Å²) in [5.41, 5.74) is 4.91. The van der Waals surface area contributed by atoms with E-state index in [1.807, 2.05) is 36.4 Å². The third kappa shape index (κ3) is 2.69. The molecular formula is C23H16BrNO. The summed E-state index contributed by atoms with van der Waals surface area (Å²) in [6.45, 7) is 0. The van der Waals surface area contributed by atoms with Gasteiger partial charge >= 0.3 is 0 Å². The average Bonchev–Trinajstić information content (AvgIpc) is 3.30. The van der Waals surface area contributed by atoms with Crippen LogP contribution in [-0.2, 0) is 12.8 Å². The van der Waals surface area contributed by atoms with E-state index in [9.17, 15) is 0 Å². The molecule has 126 valence electrons. The summed E-state index contributed by atoms with van der Waals surface area (Å²) in [4.78, 5) is 4.71. The van der Waals surface area contributed by atoms with Crippen molar-refractivity contribution < 1.29 is 4.42 Å². The Morgan fingerprint density at radius 1 is 0.885 bits per heavy atom. The molecule has 0 aliphatic heterocycles. The van der Waals surface area contributed by atoms with E-state index in [-0.39, 0.29) is 0 Å². The van der Waals surface area contributed by atoms with E-state index < -0.39 is 0 Å². The van der Waals surface area contributed by atoms with Crippen LogP contribution in [0.1, 0.15) is 16.9 Å². The van der Waals surface area contributed by atoms with Gasteiger partial charge in [-0.2, -0.15) is 0 Å². The second-order valence-electron chi connectivity index (χ2n) is 6.55. The number of rotatable bonds is 3. The van der Waals surface area contributed by atoms with Crippen LogP contribution in [0, 0.1) is 0 Å². The number of halogens is 1. The van der Waals surface area contributed by atoms with Crippen molar-refractivity contribution in [1.82, 2.24) is 0 Å². The van der Waals surface area contributed by atoms with Crippen LogP contribution in [0.4, 0.5) is 5.69 Å². The molecule has 0 amide bonds. The van der Waals surface area contributed by atoms with Gasteiger partial charge in [-0.05, 0) is 59.7 Å². The number of furan rings is 1. The van der Waals surface area contributed by atoms with Crippen molar-refractivity contribution in [2.45, 2.75) is 12.8 Å². The molecule has 0 unspecified atom stereocenters. The largest absolute Gasteiger partial charge is 0.455 e. The van der Waals surface area contributed by atoms with Gasteiger partial charge in [-0.15, -0.1) is 0 Å². The molecule has 0 spiro atoms. The number of aliphatic imine (C=N–C) groups is 1. The average molecular weight is 402 g/mol. The normalized spacial score (nSPS) is 13.1. The van der Waals surface area contributed by atoms with Gasteiger partial charge in [-0.25, -0.2) is 0 Å². The first-order valence-electron chi connectivity index (χ1n) is 8.71. The molecule has 0 N–H and O–H groups in total. The Hall–Kier alpha value is -2.65. The number of aryl methyl sites for hydroxylation is 2. The second-order valence-corrected chi connectivity index (χ2v) is 7.47. The minimum atomic E-state index is 0.753. The molecule has 2 nitrogen and oxygen atoms in total. The van der Waals surface area contributed by atoms with E-state index in [0.717, 1.165) is 40.1 Å². The van der Waals surface area contributed by atoms with Crippen LogP contribution >= 0.6 is 15.9 Å². The molecule has 0 saturated heterocycles. The number of benzene rings is 3. The highest BCUT2D eigenvalue weighted by atomic mass is 79.9. The Labute approximate surface area is 160 Å². The Kier molecular flexibility index (Phi) is 3.75. The summed E-state index contributed by atoms with van der Waals surface area (Å²) >= 11 is 3.50. The van der Waals surface area contributed by atoms with E-state index in [1.54, 1.807) is 6.21 Å². The zero-order chi connectivity index (χ0) is 17.5. The molecule has 0 atom stereocenters. The van der Waals surface area contributed by atoms with Crippen molar-refractivity contribution in [3.63, 3.8) is 0 Å². The van der Waals surface area contributed by atoms with Crippen LogP contribution < -0.4 is 0 Å². The maximum atomic E-state index is 5.95. The maximum Gasteiger partial charge on any atom is 0.145 e. The summed E-state index contributed by atoms with van der Waals surface area (Å²) in [6.07, 6.45) is 4.07. The molecule has 3 aromatic carbocycles. The number of hydrogen-bond acceptors (Lipinski definition) is 2. The molecule has 3 heteroatoms. The Morgan fingerprint density at radius 2 is 1.73 bits per heavy atom. The first-order chi connectivity index (χ1) is 12.8. The monoisotopic (exact) mass is 401 g/mol. The predicted octanol–water partition coefficient (Wildman–Crippen LogP) is 6.71. The Bertz CT molecular complexity index is 1150. The van der Waals surface area contributed by atoms with Crippen LogP contribution in [0.15, 0.2) is 80.6 Å². The molecule has 1 aliphatic rings. The lowest BCUT2D eigenvalue weighted by molar-refractivity contribution is 0.575. The highest BCUT2D eigenvalue weighted by Gasteiger charge is 2.15. The van der Waals surface area contributed by atoms with E-state index in [4.69, 9.17) is 9.41 Å². The van der Waals surface area contributed by atoms with Gasteiger partial charge in [0, 0.05) is 15.4 Å². The summed E-state index contributed by atoms with van der Waals surface area (Å²) in [5, 5.41) is 2.61. The molecule has 0 radical (unpaired) electrons. The molecule has 1 heterocycles. The minimum Gasteiger partial charge on any atom is -0.455 e. The fourth-order valence-corrected chi connectivity index (χ4v) is 4.10. The first-order valence-corrected chi connectivity index (χ1v) is 9.50. The quantitative estimate of drug-likeness (QED) is 0.350. The second kappa shape index (κ2) is 6.26. The Morgan fingerprint density at radius 3 is 2.62 bits per heavy atom. The molecule has 26 heavy (non-hydrogen) atoms.